The van der Waals surface area contributed by atoms with Crippen molar-refractivity contribution >= 4 is 22.9 Å². The largest absolute Gasteiger partial charge is 0.482 e. The number of nitro groups is 1. The van der Waals surface area contributed by atoms with Crippen LogP contribution >= 0.6 is 11.3 Å². The Hall–Kier alpha value is -2.41. The fourth-order valence-corrected chi connectivity index (χ4v) is 7.14. The summed E-state index contributed by atoms with van der Waals surface area (Å²) in [6.45, 7) is 0.985. The minimum Gasteiger partial charge on any atom is -0.482 e. The van der Waals surface area contributed by atoms with Crippen molar-refractivity contribution in [2.24, 2.45) is 23.2 Å². The van der Waals surface area contributed by atoms with Crippen LogP contribution in [0.3, 0.4) is 0 Å². The number of nitrogens with zero attached hydrogens (tertiary/aromatic N) is 1. The van der Waals surface area contributed by atoms with Crippen molar-refractivity contribution in [3.8, 4) is 5.75 Å². The highest BCUT2D eigenvalue weighted by Crippen LogP contribution is 2.59. The Morgan fingerprint density at radius 3 is 2.50 bits per heavy atom. The first-order chi connectivity index (χ1) is 14.5. The zero-order valence-corrected chi connectivity index (χ0v) is 17.7. The van der Waals surface area contributed by atoms with Crippen LogP contribution in [0.2, 0.25) is 0 Å². The highest BCUT2D eigenvalue weighted by molar-refractivity contribution is 7.12. The molecule has 30 heavy (non-hydrogen) atoms. The molecule has 158 valence electrons. The number of thiophene rings is 1. The molecule has 4 aliphatic rings. The summed E-state index contributed by atoms with van der Waals surface area (Å²) in [4.78, 5) is 24.1. The molecule has 0 atom stereocenters. The lowest BCUT2D eigenvalue weighted by Gasteiger charge is -2.56. The number of nitrogens with one attached hydrogen (secondary N) is 1. The summed E-state index contributed by atoms with van der Waals surface area (Å²) in [5.41, 5.74) is 1.11. The number of carbonyl (C=O) groups is 1. The van der Waals surface area contributed by atoms with Crippen LogP contribution in [-0.2, 0) is 6.61 Å². The summed E-state index contributed by atoms with van der Waals surface area (Å²) in [7, 11) is 0. The van der Waals surface area contributed by atoms with Crippen LogP contribution in [0.4, 0.5) is 5.69 Å². The van der Waals surface area contributed by atoms with E-state index in [0.717, 1.165) is 29.9 Å². The Kier molecular flexibility index (Phi) is 5.01. The number of hydrogen-bond acceptors (Lipinski definition) is 5. The van der Waals surface area contributed by atoms with Gasteiger partial charge < -0.3 is 10.1 Å². The first-order valence-electron chi connectivity index (χ1n) is 10.7. The molecular weight excluding hydrogens is 400 g/mol. The Morgan fingerprint density at radius 1 is 1.17 bits per heavy atom. The highest BCUT2D eigenvalue weighted by atomic mass is 32.1. The van der Waals surface area contributed by atoms with E-state index in [0.29, 0.717) is 10.3 Å². The maximum Gasteiger partial charge on any atom is 0.310 e. The number of carbonyl (C=O) groups excluding carboxylic acids is 1. The van der Waals surface area contributed by atoms with E-state index >= 15 is 0 Å². The Balaban J connectivity index is 1.18. The number of amides is 1. The van der Waals surface area contributed by atoms with Crippen molar-refractivity contribution in [3.05, 3.63) is 56.3 Å². The van der Waals surface area contributed by atoms with E-state index in [1.807, 2.05) is 11.4 Å². The van der Waals surface area contributed by atoms with Crippen LogP contribution in [-0.4, -0.2) is 17.4 Å². The predicted octanol–water partition coefficient (Wildman–Crippen LogP) is 5.18. The molecule has 1 N–H and O–H groups in total. The molecular formula is C23H26N2O4S. The molecule has 0 saturated heterocycles. The Bertz CT molecular complexity index is 934. The van der Waals surface area contributed by atoms with Crippen LogP contribution < -0.4 is 10.1 Å². The molecule has 1 aromatic carbocycles. The van der Waals surface area contributed by atoms with Gasteiger partial charge in [-0.05, 0) is 79.2 Å². The van der Waals surface area contributed by atoms with Crippen LogP contribution in [0.5, 0.6) is 5.75 Å². The lowest BCUT2D eigenvalue weighted by atomic mass is 9.49. The van der Waals surface area contributed by atoms with E-state index in [-0.39, 0.29) is 24.0 Å². The molecule has 4 saturated carbocycles. The summed E-state index contributed by atoms with van der Waals surface area (Å²) in [5.74, 6) is 2.84. The highest BCUT2D eigenvalue weighted by Gasteiger charge is 2.50. The lowest BCUT2D eigenvalue weighted by molar-refractivity contribution is -0.385. The van der Waals surface area contributed by atoms with Gasteiger partial charge in [-0.15, -0.1) is 11.3 Å². The number of para-hydroxylation sites is 2. The van der Waals surface area contributed by atoms with E-state index in [1.165, 1.54) is 55.9 Å². The molecule has 0 spiro atoms. The first-order valence-corrected chi connectivity index (χ1v) is 11.6. The van der Waals surface area contributed by atoms with Crippen LogP contribution in [0.25, 0.3) is 0 Å². The van der Waals surface area contributed by atoms with Crippen molar-refractivity contribution in [2.75, 3.05) is 6.54 Å². The monoisotopic (exact) mass is 426 g/mol. The van der Waals surface area contributed by atoms with Gasteiger partial charge in [0, 0.05) is 18.2 Å². The first kappa shape index (κ1) is 19.5. The van der Waals surface area contributed by atoms with Crippen molar-refractivity contribution in [2.45, 2.75) is 45.1 Å². The molecule has 1 heterocycles. The van der Waals surface area contributed by atoms with Crippen molar-refractivity contribution in [3.63, 3.8) is 0 Å². The smallest absolute Gasteiger partial charge is 0.310 e. The minimum absolute atomic E-state index is 0.0207. The normalized spacial score (nSPS) is 29.0. The molecule has 1 aromatic heterocycles. The zero-order chi connectivity index (χ0) is 20.7. The molecule has 0 unspecified atom stereocenters. The van der Waals surface area contributed by atoms with Crippen molar-refractivity contribution < 1.29 is 14.5 Å². The molecule has 2 aromatic rings. The molecule has 6 rings (SSSR count). The van der Waals surface area contributed by atoms with Crippen LogP contribution in [0.1, 0.15) is 53.8 Å². The van der Waals surface area contributed by atoms with E-state index in [4.69, 9.17) is 4.74 Å². The second kappa shape index (κ2) is 7.69. The van der Waals surface area contributed by atoms with Crippen LogP contribution in [0, 0.1) is 33.3 Å². The summed E-state index contributed by atoms with van der Waals surface area (Å²) in [6, 6.07) is 8.16. The van der Waals surface area contributed by atoms with Gasteiger partial charge in [-0.1, -0.05) is 12.1 Å². The topological polar surface area (TPSA) is 81.5 Å². The van der Waals surface area contributed by atoms with Gasteiger partial charge in [0.2, 0.25) is 0 Å². The van der Waals surface area contributed by atoms with E-state index < -0.39 is 4.92 Å². The molecule has 4 bridgehead atoms. The third-order valence-corrected chi connectivity index (χ3v) is 8.10. The van der Waals surface area contributed by atoms with Gasteiger partial charge in [-0.3, -0.25) is 14.9 Å². The maximum absolute atomic E-state index is 12.7. The third-order valence-electron chi connectivity index (χ3n) is 7.12. The molecule has 0 radical (unpaired) electrons. The van der Waals surface area contributed by atoms with E-state index in [2.05, 4.69) is 5.32 Å². The zero-order valence-electron chi connectivity index (χ0n) is 16.8. The third kappa shape index (κ3) is 3.83. The summed E-state index contributed by atoms with van der Waals surface area (Å²) in [6.07, 6.45) is 8.04. The van der Waals surface area contributed by atoms with Gasteiger partial charge >= 0.3 is 5.69 Å². The second-order valence-corrected chi connectivity index (χ2v) is 10.3. The minimum atomic E-state index is -0.452. The van der Waals surface area contributed by atoms with Gasteiger partial charge in [-0.25, -0.2) is 0 Å². The maximum atomic E-state index is 12.7. The summed E-state index contributed by atoms with van der Waals surface area (Å²) < 4.78 is 5.64. The molecule has 1 amide bonds. The van der Waals surface area contributed by atoms with Gasteiger partial charge in [0.1, 0.15) is 6.61 Å². The number of ether oxygens (including phenoxy) is 1. The van der Waals surface area contributed by atoms with Gasteiger partial charge in [0.05, 0.1) is 9.80 Å². The number of nitro benzene ring substituents is 1. The van der Waals surface area contributed by atoms with Gasteiger partial charge in [0.25, 0.3) is 5.91 Å². The molecule has 7 heteroatoms. The van der Waals surface area contributed by atoms with Crippen LogP contribution in [0.15, 0.2) is 35.7 Å². The van der Waals surface area contributed by atoms with E-state index in [9.17, 15) is 14.9 Å². The molecule has 6 nitrogen and oxygen atoms in total. The molecule has 0 aliphatic heterocycles. The van der Waals surface area contributed by atoms with E-state index in [1.54, 1.807) is 18.2 Å². The second-order valence-electron chi connectivity index (χ2n) is 9.43. The fraction of sp³-hybridized carbons (Fsp3) is 0.522. The Labute approximate surface area is 179 Å². The predicted molar refractivity (Wildman–Crippen MR) is 115 cm³/mol. The quantitative estimate of drug-likeness (QED) is 0.488. The summed E-state index contributed by atoms with van der Waals surface area (Å²) in [5, 5.41) is 16.2. The fourth-order valence-electron chi connectivity index (χ4n) is 6.32. The molecule has 4 fully saturated rings. The average Bonchev–Trinajstić information content (AvgIpc) is 3.19. The average molecular weight is 427 g/mol. The number of hydrogen-bond donors (Lipinski definition) is 1. The van der Waals surface area contributed by atoms with Gasteiger partial charge in [0.15, 0.2) is 5.75 Å². The number of benzene rings is 1. The Morgan fingerprint density at radius 2 is 1.83 bits per heavy atom. The standard InChI is InChI=1S/C23H26N2O4S/c26-22(24-14-23-9-15-5-16(10-23)7-17(6-15)11-23)21-8-18(13-30-21)12-29-20-4-2-1-3-19(20)25(27)28/h1-4,8,13,15-17H,5-7,9-12,14H2,(H,24,26). The SMILES string of the molecule is O=C(NCC12CC3CC(CC(C3)C1)C2)c1cc(COc2ccccc2[N+](=O)[O-])cs1. The lowest BCUT2D eigenvalue weighted by Crippen LogP contribution is -2.51. The van der Waals surface area contributed by atoms with Gasteiger partial charge in [-0.2, -0.15) is 0 Å². The van der Waals surface area contributed by atoms with Crippen molar-refractivity contribution in [1.82, 2.24) is 5.32 Å². The molecule has 4 aliphatic carbocycles. The summed E-state index contributed by atoms with van der Waals surface area (Å²) >= 11 is 1.39. The number of rotatable bonds is 7. The van der Waals surface area contributed by atoms with Crippen molar-refractivity contribution in [1.29, 1.82) is 0 Å².